The molecule has 0 unspecified atom stereocenters. The minimum Gasteiger partial charge on any atom is -0.444 e. The van der Waals surface area contributed by atoms with Crippen LogP contribution in [0.4, 0.5) is 26.7 Å². The number of imidazole rings is 1. The molecule has 0 radical (unpaired) electrons. The SMILES string of the molecule is CC(C)(C)OC(=O)N1CCN(CC2CC(F)(F)C2)[C@H](C(=O)NC(C)(C)c2ncc3c(C(F)(F)F)cccn23)C1. The minimum atomic E-state index is -4.58. The van der Waals surface area contributed by atoms with Crippen molar-refractivity contribution in [2.24, 2.45) is 5.92 Å². The molecular weight excluding hydrogens is 525 g/mol. The number of carbonyl (C=O) groups is 2. The van der Waals surface area contributed by atoms with Gasteiger partial charge in [0.1, 0.15) is 17.5 Å². The first-order chi connectivity index (χ1) is 17.9. The molecule has 0 bridgehead atoms. The summed E-state index contributed by atoms with van der Waals surface area (Å²) in [5, 5.41) is 2.87. The molecule has 216 valence electrons. The van der Waals surface area contributed by atoms with E-state index in [2.05, 4.69) is 10.3 Å². The Bertz CT molecular complexity index is 1230. The predicted octanol–water partition coefficient (Wildman–Crippen LogP) is 4.67. The lowest BCUT2D eigenvalue weighted by molar-refractivity contribution is -0.137. The van der Waals surface area contributed by atoms with Crippen molar-refractivity contribution in [1.82, 2.24) is 24.5 Å². The molecule has 1 saturated heterocycles. The fourth-order valence-corrected chi connectivity index (χ4v) is 5.20. The van der Waals surface area contributed by atoms with Crippen molar-refractivity contribution < 1.29 is 36.3 Å². The number of nitrogens with zero attached hydrogens (tertiary/aromatic N) is 4. The van der Waals surface area contributed by atoms with Crippen LogP contribution < -0.4 is 5.32 Å². The molecule has 4 rings (SSSR count). The molecule has 0 aromatic carbocycles. The number of hydrogen-bond donors (Lipinski definition) is 1. The monoisotopic (exact) mass is 559 g/mol. The number of amides is 2. The number of rotatable bonds is 5. The van der Waals surface area contributed by atoms with Gasteiger partial charge in [-0.1, -0.05) is 0 Å². The van der Waals surface area contributed by atoms with Crippen molar-refractivity contribution >= 4 is 17.5 Å². The number of pyridine rings is 1. The molecule has 2 aliphatic rings. The summed E-state index contributed by atoms with van der Waals surface area (Å²) >= 11 is 0. The van der Waals surface area contributed by atoms with Gasteiger partial charge in [-0.2, -0.15) is 13.2 Å². The highest BCUT2D eigenvalue weighted by atomic mass is 19.4. The summed E-state index contributed by atoms with van der Waals surface area (Å²) in [4.78, 5) is 33.8. The molecule has 0 spiro atoms. The van der Waals surface area contributed by atoms with E-state index in [9.17, 15) is 31.5 Å². The average Bonchev–Trinajstić information content (AvgIpc) is 3.21. The van der Waals surface area contributed by atoms with Gasteiger partial charge in [0.2, 0.25) is 11.8 Å². The molecule has 1 aliphatic carbocycles. The van der Waals surface area contributed by atoms with Crippen LogP contribution in [-0.4, -0.2) is 74.9 Å². The third kappa shape index (κ3) is 6.44. The van der Waals surface area contributed by atoms with Crippen LogP contribution in [0.15, 0.2) is 24.5 Å². The number of hydrogen-bond acceptors (Lipinski definition) is 5. The number of halogens is 5. The lowest BCUT2D eigenvalue weighted by Crippen LogP contribution is -2.63. The summed E-state index contributed by atoms with van der Waals surface area (Å²) in [5.41, 5.74) is -2.96. The Morgan fingerprint density at radius 1 is 1.13 bits per heavy atom. The molecule has 8 nitrogen and oxygen atoms in total. The molecule has 1 saturated carbocycles. The molecule has 2 amide bonds. The Balaban J connectivity index is 1.56. The first-order valence-corrected chi connectivity index (χ1v) is 12.8. The summed E-state index contributed by atoms with van der Waals surface area (Å²) < 4.78 is 74.2. The fourth-order valence-electron chi connectivity index (χ4n) is 5.20. The van der Waals surface area contributed by atoms with E-state index in [1.807, 2.05) is 0 Å². The molecule has 1 N–H and O–H groups in total. The highest BCUT2D eigenvalue weighted by molar-refractivity contribution is 5.84. The standard InChI is InChI=1S/C26H34F5N5O3/c1-23(2,3)39-22(38)35-10-9-34(14-16-11-25(27,28)12-16)19(15-35)20(37)33-24(4,5)21-32-13-18-17(26(29,30)31)7-6-8-36(18)21/h6-8,13,16,19H,9-12,14-15H2,1-5H3,(H,33,37)/t19-/m0/s1. The summed E-state index contributed by atoms with van der Waals surface area (Å²) in [7, 11) is 0. The van der Waals surface area contributed by atoms with E-state index in [1.165, 1.54) is 21.6 Å². The highest BCUT2D eigenvalue weighted by Crippen LogP contribution is 2.43. The molecular formula is C26H34F5N5O3. The zero-order chi connectivity index (χ0) is 29.0. The van der Waals surface area contributed by atoms with Gasteiger partial charge in [0.05, 0.1) is 22.8 Å². The van der Waals surface area contributed by atoms with Crippen molar-refractivity contribution in [1.29, 1.82) is 0 Å². The van der Waals surface area contributed by atoms with E-state index in [0.29, 0.717) is 0 Å². The van der Waals surface area contributed by atoms with E-state index >= 15 is 0 Å². The topological polar surface area (TPSA) is 79.2 Å². The van der Waals surface area contributed by atoms with E-state index in [4.69, 9.17) is 4.74 Å². The Kier molecular flexibility index (Phi) is 7.37. The first kappa shape index (κ1) is 29.0. The van der Waals surface area contributed by atoms with Crippen LogP contribution in [-0.2, 0) is 21.2 Å². The van der Waals surface area contributed by atoms with Gasteiger partial charge >= 0.3 is 12.3 Å². The van der Waals surface area contributed by atoms with Gasteiger partial charge in [-0.25, -0.2) is 18.6 Å². The maximum Gasteiger partial charge on any atom is 0.418 e. The largest absolute Gasteiger partial charge is 0.444 e. The van der Waals surface area contributed by atoms with Gasteiger partial charge in [0.15, 0.2) is 0 Å². The third-order valence-electron chi connectivity index (χ3n) is 6.98. The second kappa shape index (κ2) is 9.90. The average molecular weight is 560 g/mol. The van der Waals surface area contributed by atoms with E-state index < -0.39 is 46.8 Å². The second-order valence-corrected chi connectivity index (χ2v) is 11.9. The van der Waals surface area contributed by atoms with Gasteiger partial charge in [0.25, 0.3) is 0 Å². The maximum absolute atomic E-state index is 13.7. The van der Waals surface area contributed by atoms with E-state index in [-0.39, 0.29) is 56.3 Å². The normalized spacial score (nSPS) is 21.1. The fraction of sp³-hybridized carbons (Fsp3) is 0.654. The number of aromatic nitrogens is 2. The predicted molar refractivity (Wildman–Crippen MR) is 132 cm³/mol. The van der Waals surface area contributed by atoms with Gasteiger partial charge in [-0.05, 0) is 52.7 Å². The number of nitrogens with one attached hydrogen (secondary N) is 1. The van der Waals surface area contributed by atoms with Crippen molar-refractivity contribution in [2.75, 3.05) is 26.2 Å². The highest BCUT2D eigenvalue weighted by Gasteiger charge is 2.48. The summed E-state index contributed by atoms with van der Waals surface area (Å²) in [6.45, 7) is 9.18. The quantitative estimate of drug-likeness (QED) is 0.539. The minimum absolute atomic E-state index is 0.0273. The van der Waals surface area contributed by atoms with E-state index in [0.717, 1.165) is 12.3 Å². The van der Waals surface area contributed by atoms with Crippen molar-refractivity contribution in [3.8, 4) is 0 Å². The summed E-state index contributed by atoms with van der Waals surface area (Å²) in [5.74, 6) is -3.31. The van der Waals surface area contributed by atoms with Gasteiger partial charge in [-0.3, -0.25) is 9.69 Å². The number of ether oxygens (including phenoxy) is 1. The van der Waals surface area contributed by atoms with Crippen molar-refractivity contribution in [3.05, 3.63) is 35.9 Å². The summed E-state index contributed by atoms with van der Waals surface area (Å²) in [6, 6.07) is 1.34. The molecule has 1 aliphatic heterocycles. The van der Waals surface area contributed by atoms with Crippen LogP contribution in [0.5, 0.6) is 0 Å². The van der Waals surface area contributed by atoms with Gasteiger partial charge in [0, 0.05) is 45.2 Å². The summed E-state index contributed by atoms with van der Waals surface area (Å²) in [6.07, 6.45) is -3.15. The van der Waals surface area contributed by atoms with Gasteiger partial charge in [-0.15, -0.1) is 0 Å². The number of fused-ring (bicyclic) bond motifs is 1. The Morgan fingerprint density at radius 2 is 1.79 bits per heavy atom. The number of piperazine rings is 1. The third-order valence-corrected chi connectivity index (χ3v) is 6.98. The molecule has 2 aromatic heterocycles. The van der Waals surface area contributed by atoms with Crippen molar-refractivity contribution in [3.63, 3.8) is 0 Å². The Morgan fingerprint density at radius 3 is 2.38 bits per heavy atom. The maximum atomic E-state index is 13.7. The van der Waals surface area contributed by atoms with Crippen LogP contribution >= 0.6 is 0 Å². The van der Waals surface area contributed by atoms with Crippen LogP contribution in [0.25, 0.3) is 5.52 Å². The second-order valence-electron chi connectivity index (χ2n) is 11.9. The lowest BCUT2D eigenvalue weighted by Gasteiger charge is -2.45. The number of alkyl halides is 5. The smallest absolute Gasteiger partial charge is 0.418 e. The molecule has 1 atom stereocenters. The molecule has 13 heteroatoms. The van der Waals surface area contributed by atoms with Crippen LogP contribution in [0.1, 0.15) is 58.8 Å². The molecule has 2 aromatic rings. The molecule has 39 heavy (non-hydrogen) atoms. The lowest BCUT2D eigenvalue weighted by atomic mass is 9.80. The molecule has 3 heterocycles. The Hall–Kier alpha value is -2.96. The van der Waals surface area contributed by atoms with Crippen LogP contribution in [0.2, 0.25) is 0 Å². The van der Waals surface area contributed by atoms with Crippen LogP contribution in [0, 0.1) is 5.92 Å². The molecule has 2 fully saturated rings. The van der Waals surface area contributed by atoms with Crippen molar-refractivity contribution in [2.45, 2.75) is 76.7 Å². The van der Waals surface area contributed by atoms with Crippen LogP contribution in [0.3, 0.4) is 0 Å². The Labute approximate surface area is 223 Å². The first-order valence-electron chi connectivity index (χ1n) is 12.8. The number of carbonyl (C=O) groups excluding carboxylic acids is 2. The van der Waals surface area contributed by atoms with E-state index in [1.54, 1.807) is 39.5 Å². The zero-order valence-electron chi connectivity index (χ0n) is 22.6. The zero-order valence-corrected chi connectivity index (χ0v) is 22.6. The van der Waals surface area contributed by atoms with Gasteiger partial charge < -0.3 is 19.4 Å².